The highest BCUT2D eigenvalue weighted by atomic mass is 32.2. The van der Waals surface area contributed by atoms with Gasteiger partial charge in [-0.05, 0) is 55.3 Å². The highest BCUT2D eigenvalue weighted by Crippen LogP contribution is 2.35. The number of rotatable bonds is 5. The van der Waals surface area contributed by atoms with Gasteiger partial charge in [0.1, 0.15) is 12.3 Å². The number of nitrogens with zero attached hydrogens (tertiary/aromatic N) is 2. The topological polar surface area (TPSA) is 105 Å². The van der Waals surface area contributed by atoms with Crippen LogP contribution >= 0.6 is 0 Å². The molecule has 0 aromatic heterocycles. The van der Waals surface area contributed by atoms with Crippen molar-refractivity contribution in [1.82, 2.24) is 4.31 Å². The Bertz CT molecular complexity index is 1160. The van der Waals surface area contributed by atoms with Gasteiger partial charge in [-0.25, -0.2) is 8.42 Å². The van der Waals surface area contributed by atoms with E-state index in [2.05, 4.69) is 5.32 Å². The highest BCUT2D eigenvalue weighted by Gasteiger charge is 2.32. The summed E-state index contributed by atoms with van der Waals surface area (Å²) >= 11 is 0. The van der Waals surface area contributed by atoms with E-state index < -0.39 is 21.8 Å². The van der Waals surface area contributed by atoms with Gasteiger partial charge in [0.05, 0.1) is 23.8 Å². The molecule has 0 saturated carbocycles. The number of fused-ring (bicyclic) bond motifs is 1. The molecule has 0 unspecified atom stereocenters. The summed E-state index contributed by atoms with van der Waals surface area (Å²) in [6.45, 7) is 4.62. The van der Waals surface area contributed by atoms with Crippen molar-refractivity contribution in [1.29, 1.82) is 0 Å². The normalized spacial score (nSPS) is 16.9. The Morgan fingerprint density at radius 2 is 1.81 bits per heavy atom. The quantitative estimate of drug-likeness (QED) is 0.730. The van der Waals surface area contributed by atoms with Gasteiger partial charge in [-0.3, -0.25) is 14.5 Å². The summed E-state index contributed by atoms with van der Waals surface area (Å²) in [7, 11) is -3.76. The first kappa shape index (κ1) is 22.3. The average molecular weight is 460 g/mol. The monoisotopic (exact) mass is 459 g/mol. The number of sulfonamides is 1. The number of hydrogen-bond acceptors (Lipinski definition) is 6. The number of amides is 2. The Hall–Kier alpha value is -2.95. The fourth-order valence-electron chi connectivity index (χ4n) is 3.62. The minimum Gasteiger partial charge on any atom is -0.482 e. The third-order valence-electron chi connectivity index (χ3n) is 5.57. The molecule has 9 nitrogen and oxygen atoms in total. The van der Waals surface area contributed by atoms with Gasteiger partial charge in [-0.1, -0.05) is 6.07 Å². The lowest BCUT2D eigenvalue weighted by Gasteiger charge is -2.30. The van der Waals surface area contributed by atoms with Crippen LogP contribution in [-0.2, 0) is 24.3 Å². The summed E-state index contributed by atoms with van der Waals surface area (Å²) in [5, 5.41) is 2.79. The maximum Gasteiger partial charge on any atom is 0.265 e. The van der Waals surface area contributed by atoms with Crippen molar-refractivity contribution >= 4 is 33.2 Å². The molecule has 1 fully saturated rings. The molecular weight excluding hydrogens is 434 g/mol. The van der Waals surface area contributed by atoms with Crippen LogP contribution in [0.25, 0.3) is 0 Å². The molecule has 10 heteroatoms. The van der Waals surface area contributed by atoms with Crippen molar-refractivity contribution in [3.63, 3.8) is 0 Å². The minimum atomic E-state index is -3.76. The van der Waals surface area contributed by atoms with E-state index in [-0.39, 0.29) is 36.8 Å². The van der Waals surface area contributed by atoms with E-state index in [1.54, 1.807) is 6.07 Å². The van der Waals surface area contributed by atoms with Crippen molar-refractivity contribution in [2.45, 2.75) is 18.7 Å². The molecule has 4 rings (SSSR count). The van der Waals surface area contributed by atoms with Gasteiger partial charge in [-0.15, -0.1) is 0 Å². The largest absolute Gasteiger partial charge is 0.482 e. The maximum absolute atomic E-state index is 13.0. The summed E-state index contributed by atoms with van der Waals surface area (Å²) in [6, 6.07) is 9.91. The molecule has 170 valence electrons. The third kappa shape index (κ3) is 4.47. The molecule has 0 spiro atoms. The first-order valence-corrected chi connectivity index (χ1v) is 11.7. The van der Waals surface area contributed by atoms with Crippen molar-refractivity contribution in [2.75, 3.05) is 49.7 Å². The maximum atomic E-state index is 13.0. The number of morpholine rings is 1. The molecule has 0 bridgehead atoms. The summed E-state index contributed by atoms with van der Waals surface area (Å²) in [4.78, 5) is 26.5. The zero-order chi connectivity index (χ0) is 22.9. The Balaban J connectivity index is 1.58. The summed E-state index contributed by atoms with van der Waals surface area (Å²) in [5.41, 5.74) is 3.02. The van der Waals surface area contributed by atoms with Crippen LogP contribution in [0, 0.1) is 13.8 Å². The van der Waals surface area contributed by atoms with Gasteiger partial charge in [-0.2, -0.15) is 4.31 Å². The van der Waals surface area contributed by atoms with E-state index in [1.165, 1.54) is 27.4 Å². The van der Waals surface area contributed by atoms with E-state index in [4.69, 9.17) is 9.47 Å². The van der Waals surface area contributed by atoms with Crippen molar-refractivity contribution in [3.05, 3.63) is 47.5 Å². The molecule has 1 N–H and O–H groups in total. The number of hydrogen-bond donors (Lipinski definition) is 1. The summed E-state index contributed by atoms with van der Waals surface area (Å²) in [6.07, 6.45) is 0. The zero-order valence-corrected chi connectivity index (χ0v) is 18.8. The number of ether oxygens (including phenoxy) is 2. The lowest BCUT2D eigenvalue weighted by atomic mass is 10.1. The lowest BCUT2D eigenvalue weighted by molar-refractivity contribution is -0.123. The van der Waals surface area contributed by atoms with Gasteiger partial charge >= 0.3 is 0 Å². The highest BCUT2D eigenvalue weighted by molar-refractivity contribution is 7.89. The Morgan fingerprint density at radius 1 is 1.06 bits per heavy atom. The number of aryl methyl sites for hydroxylation is 2. The molecule has 32 heavy (non-hydrogen) atoms. The first-order valence-electron chi connectivity index (χ1n) is 10.3. The van der Waals surface area contributed by atoms with Gasteiger partial charge in [0.25, 0.3) is 5.91 Å². The van der Waals surface area contributed by atoms with Gasteiger partial charge in [0.2, 0.25) is 15.9 Å². The molecule has 2 aliphatic heterocycles. The standard InChI is InChI=1S/C22H25N3O6S/c1-15-3-4-17(11-16(15)2)23-21(26)13-25-19-12-18(5-6-20(19)31-14-22(25)27)32(28,29)24-7-9-30-10-8-24/h3-6,11-12H,7-10,13-14H2,1-2H3,(H,23,26). The van der Waals surface area contributed by atoms with Crippen molar-refractivity contribution in [3.8, 4) is 5.75 Å². The number of benzene rings is 2. The molecule has 0 aliphatic carbocycles. The van der Waals surface area contributed by atoms with Crippen LogP contribution in [0.5, 0.6) is 5.75 Å². The van der Waals surface area contributed by atoms with E-state index in [9.17, 15) is 18.0 Å². The third-order valence-corrected chi connectivity index (χ3v) is 7.47. The smallest absolute Gasteiger partial charge is 0.265 e. The van der Waals surface area contributed by atoms with Crippen LogP contribution in [0.4, 0.5) is 11.4 Å². The van der Waals surface area contributed by atoms with Gasteiger partial charge in [0.15, 0.2) is 6.61 Å². The Labute approximate surface area is 187 Å². The Morgan fingerprint density at radius 3 is 2.53 bits per heavy atom. The predicted octanol–water partition coefficient (Wildman–Crippen LogP) is 1.69. The minimum absolute atomic E-state index is 0.0380. The summed E-state index contributed by atoms with van der Waals surface area (Å²) < 4.78 is 38.1. The average Bonchev–Trinajstić information content (AvgIpc) is 2.78. The Kier molecular flexibility index (Phi) is 6.18. The fourth-order valence-corrected chi connectivity index (χ4v) is 5.04. The van der Waals surface area contributed by atoms with Crippen molar-refractivity contribution < 1.29 is 27.5 Å². The van der Waals surface area contributed by atoms with E-state index in [0.29, 0.717) is 24.7 Å². The molecule has 2 aromatic carbocycles. The van der Waals surface area contributed by atoms with Crippen LogP contribution in [0.2, 0.25) is 0 Å². The molecule has 2 aliphatic rings. The molecule has 0 radical (unpaired) electrons. The fraction of sp³-hybridized carbons (Fsp3) is 0.364. The van der Waals surface area contributed by atoms with E-state index in [1.807, 2.05) is 26.0 Å². The second-order valence-electron chi connectivity index (χ2n) is 7.76. The number of nitrogens with one attached hydrogen (secondary N) is 1. The van der Waals surface area contributed by atoms with Crippen LogP contribution < -0.4 is 15.0 Å². The van der Waals surface area contributed by atoms with Crippen molar-refractivity contribution in [2.24, 2.45) is 0 Å². The zero-order valence-electron chi connectivity index (χ0n) is 18.0. The summed E-state index contributed by atoms with van der Waals surface area (Å²) in [5.74, 6) is -0.464. The van der Waals surface area contributed by atoms with E-state index >= 15 is 0 Å². The van der Waals surface area contributed by atoms with Gasteiger partial charge < -0.3 is 14.8 Å². The van der Waals surface area contributed by atoms with Crippen LogP contribution in [0.3, 0.4) is 0 Å². The molecule has 1 saturated heterocycles. The number of carbonyl (C=O) groups excluding carboxylic acids is 2. The number of anilines is 2. The van der Waals surface area contributed by atoms with E-state index in [0.717, 1.165) is 11.1 Å². The molecule has 0 atom stereocenters. The molecule has 2 amide bonds. The second kappa shape index (κ2) is 8.89. The second-order valence-corrected chi connectivity index (χ2v) is 9.70. The van der Waals surface area contributed by atoms with Crippen LogP contribution in [0.1, 0.15) is 11.1 Å². The molecule has 2 heterocycles. The number of carbonyl (C=O) groups is 2. The lowest BCUT2D eigenvalue weighted by Crippen LogP contribution is -2.44. The molecular formula is C22H25N3O6S. The van der Waals surface area contributed by atoms with Gasteiger partial charge in [0, 0.05) is 18.8 Å². The predicted molar refractivity (Wildman–Crippen MR) is 118 cm³/mol. The first-order chi connectivity index (χ1) is 15.3. The molecule has 2 aromatic rings. The van der Waals surface area contributed by atoms with Crippen LogP contribution in [0.15, 0.2) is 41.3 Å². The van der Waals surface area contributed by atoms with Crippen LogP contribution in [-0.4, -0.2) is 64.0 Å². The SMILES string of the molecule is Cc1ccc(NC(=O)CN2C(=O)COc3ccc(S(=O)(=O)N4CCOCC4)cc32)cc1C.